The minimum Gasteiger partial charge on any atom is -0.355 e. The molecule has 4 nitrogen and oxygen atoms in total. The lowest BCUT2D eigenvalue weighted by molar-refractivity contribution is -0.115. The van der Waals surface area contributed by atoms with Crippen molar-refractivity contribution in [1.82, 2.24) is 5.32 Å². The fraction of sp³-hybridized carbons (Fsp3) is 0.273. The van der Waals surface area contributed by atoms with Crippen LogP contribution in [0.15, 0.2) is 24.3 Å². The highest BCUT2D eigenvalue weighted by atomic mass is 79.9. The zero-order valence-electron chi connectivity index (χ0n) is 8.92. The lowest BCUT2D eigenvalue weighted by atomic mass is 10.2. The second-order valence-corrected chi connectivity index (χ2v) is 3.94. The Balaban J connectivity index is 2.74. The third-order valence-corrected chi connectivity index (χ3v) is 2.35. The van der Waals surface area contributed by atoms with Gasteiger partial charge in [-0.1, -0.05) is 22.0 Å². The minimum absolute atomic E-state index is 0.0778. The molecule has 0 aliphatic heterocycles. The third-order valence-electron chi connectivity index (χ3n) is 1.96. The molecule has 0 aliphatic rings. The Kier molecular flexibility index (Phi) is 4.98. The number of alkyl halides is 1. The summed E-state index contributed by atoms with van der Waals surface area (Å²) in [6, 6.07) is 6.82. The van der Waals surface area contributed by atoms with Gasteiger partial charge in [-0.25, -0.2) is 0 Å². The molecule has 1 rings (SSSR count). The number of benzene rings is 1. The first-order valence-corrected chi connectivity index (χ1v) is 5.97. The Morgan fingerprint density at radius 3 is 2.75 bits per heavy atom. The summed E-state index contributed by atoms with van der Waals surface area (Å²) in [6.45, 7) is 0. The van der Waals surface area contributed by atoms with E-state index in [9.17, 15) is 9.59 Å². The second-order valence-electron chi connectivity index (χ2n) is 3.15. The van der Waals surface area contributed by atoms with Crippen molar-refractivity contribution < 1.29 is 9.59 Å². The van der Waals surface area contributed by atoms with Crippen molar-refractivity contribution in [3.05, 3.63) is 29.8 Å². The van der Waals surface area contributed by atoms with Crippen molar-refractivity contribution in [2.75, 3.05) is 17.7 Å². The molecular formula is C11H13BrN2O2. The number of amides is 2. The molecule has 0 bridgehead atoms. The van der Waals surface area contributed by atoms with Gasteiger partial charge in [0.2, 0.25) is 5.91 Å². The van der Waals surface area contributed by atoms with E-state index in [-0.39, 0.29) is 11.8 Å². The van der Waals surface area contributed by atoms with Gasteiger partial charge < -0.3 is 10.6 Å². The van der Waals surface area contributed by atoms with E-state index in [0.717, 1.165) is 0 Å². The van der Waals surface area contributed by atoms with Gasteiger partial charge in [0, 0.05) is 30.0 Å². The van der Waals surface area contributed by atoms with Crippen LogP contribution in [-0.4, -0.2) is 24.2 Å². The summed E-state index contributed by atoms with van der Waals surface area (Å²) in [7, 11) is 1.57. The molecule has 0 atom stereocenters. The Morgan fingerprint density at radius 2 is 2.12 bits per heavy atom. The van der Waals surface area contributed by atoms with Crippen LogP contribution in [0.4, 0.5) is 5.69 Å². The van der Waals surface area contributed by atoms with E-state index < -0.39 is 0 Å². The summed E-state index contributed by atoms with van der Waals surface area (Å²) < 4.78 is 0. The Hall–Kier alpha value is -1.36. The molecule has 0 saturated heterocycles. The molecule has 0 radical (unpaired) electrons. The van der Waals surface area contributed by atoms with Crippen LogP contribution >= 0.6 is 15.9 Å². The maximum Gasteiger partial charge on any atom is 0.251 e. The minimum atomic E-state index is -0.170. The lowest BCUT2D eigenvalue weighted by Gasteiger charge is -2.05. The number of halogens is 1. The van der Waals surface area contributed by atoms with Gasteiger partial charge in [-0.3, -0.25) is 9.59 Å². The van der Waals surface area contributed by atoms with E-state index in [1.54, 1.807) is 31.3 Å². The summed E-state index contributed by atoms with van der Waals surface area (Å²) in [5, 5.41) is 5.86. The molecule has 1 aromatic carbocycles. The summed E-state index contributed by atoms with van der Waals surface area (Å²) in [4.78, 5) is 22.7. The van der Waals surface area contributed by atoms with Crippen molar-refractivity contribution in [2.45, 2.75) is 6.42 Å². The first kappa shape index (κ1) is 12.7. The predicted molar refractivity (Wildman–Crippen MR) is 66.9 cm³/mol. The van der Waals surface area contributed by atoms with E-state index in [2.05, 4.69) is 26.6 Å². The molecule has 0 heterocycles. The quantitative estimate of drug-likeness (QED) is 0.828. The van der Waals surface area contributed by atoms with Gasteiger partial charge in [0.05, 0.1) is 0 Å². The SMILES string of the molecule is CNC(=O)c1cccc(NC(=O)CCBr)c1. The zero-order valence-corrected chi connectivity index (χ0v) is 10.5. The molecule has 5 heteroatoms. The maximum absolute atomic E-state index is 11.3. The first-order chi connectivity index (χ1) is 7.67. The summed E-state index contributed by atoms with van der Waals surface area (Å²) in [5.41, 5.74) is 1.16. The first-order valence-electron chi connectivity index (χ1n) is 4.85. The van der Waals surface area contributed by atoms with Gasteiger partial charge in [-0.15, -0.1) is 0 Å². The van der Waals surface area contributed by atoms with Gasteiger partial charge in [0.25, 0.3) is 5.91 Å². The zero-order chi connectivity index (χ0) is 12.0. The van der Waals surface area contributed by atoms with Gasteiger partial charge in [-0.2, -0.15) is 0 Å². The van der Waals surface area contributed by atoms with E-state index in [4.69, 9.17) is 0 Å². The number of rotatable bonds is 4. The standard InChI is InChI=1S/C11H13BrN2O2/c1-13-11(16)8-3-2-4-9(7-8)14-10(15)5-6-12/h2-4,7H,5-6H2,1H3,(H,13,16)(H,14,15). The molecule has 2 N–H and O–H groups in total. The van der Waals surface area contributed by atoms with Gasteiger partial charge in [0.1, 0.15) is 0 Å². The summed E-state index contributed by atoms with van der Waals surface area (Å²) in [6.07, 6.45) is 0.407. The highest BCUT2D eigenvalue weighted by Crippen LogP contribution is 2.11. The van der Waals surface area contributed by atoms with E-state index in [1.807, 2.05) is 0 Å². The number of nitrogens with one attached hydrogen (secondary N) is 2. The molecule has 86 valence electrons. The summed E-state index contributed by atoms with van der Waals surface area (Å²) in [5.74, 6) is -0.248. The summed E-state index contributed by atoms with van der Waals surface area (Å²) >= 11 is 3.19. The van der Waals surface area contributed by atoms with Crippen LogP contribution in [0, 0.1) is 0 Å². The molecule has 16 heavy (non-hydrogen) atoms. The van der Waals surface area contributed by atoms with E-state index in [0.29, 0.717) is 23.0 Å². The van der Waals surface area contributed by atoms with Crippen molar-refractivity contribution in [3.8, 4) is 0 Å². The van der Waals surface area contributed by atoms with Crippen molar-refractivity contribution in [3.63, 3.8) is 0 Å². The number of hydrogen-bond donors (Lipinski definition) is 2. The number of carbonyl (C=O) groups excluding carboxylic acids is 2. The molecule has 0 unspecified atom stereocenters. The number of anilines is 1. The van der Waals surface area contributed by atoms with Crippen LogP contribution in [0.2, 0.25) is 0 Å². The fourth-order valence-corrected chi connectivity index (χ4v) is 1.55. The molecule has 0 fully saturated rings. The average molecular weight is 285 g/mol. The fourth-order valence-electron chi connectivity index (χ4n) is 1.19. The molecule has 2 amide bonds. The van der Waals surface area contributed by atoms with E-state index >= 15 is 0 Å². The van der Waals surface area contributed by atoms with Crippen LogP contribution in [-0.2, 0) is 4.79 Å². The monoisotopic (exact) mass is 284 g/mol. The Bertz CT molecular complexity index is 393. The third kappa shape index (κ3) is 3.66. The highest BCUT2D eigenvalue weighted by molar-refractivity contribution is 9.09. The van der Waals surface area contributed by atoms with Crippen LogP contribution in [0.3, 0.4) is 0 Å². The Labute approximate surface area is 103 Å². The van der Waals surface area contributed by atoms with E-state index in [1.165, 1.54) is 0 Å². The molecule has 0 aromatic heterocycles. The number of hydrogen-bond acceptors (Lipinski definition) is 2. The topological polar surface area (TPSA) is 58.2 Å². The normalized spacial score (nSPS) is 9.62. The Morgan fingerprint density at radius 1 is 1.38 bits per heavy atom. The maximum atomic E-state index is 11.3. The van der Waals surface area contributed by atoms with Crippen molar-refractivity contribution in [2.24, 2.45) is 0 Å². The van der Waals surface area contributed by atoms with Crippen LogP contribution in [0.5, 0.6) is 0 Å². The average Bonchev–Trinajstić information content (AvgIpc) is 2.28. The smallest absolute Gasteiger partial charge is 0.251 e. The van der Waals surface area contributed by atoms with Crippen LogP contribution < -0.4 is 10.6 Å². The van der Waals surface area contributed by atoms with Crippen molar-refractivity contribution in [1.29, 1.82) is 0 Å². The van der Waals surface area contributed by atoms with Crippen LogP contribution in [0.25, 0.3) is 0 Å². The lowest BCUT2D eigenvalue weighted by Crippen LogP contribution is -2.18. The molecule has 0 spiro atoms. The molecular weight excluding hydrogens is 272 g/mol. The largest absolute Gasteiger partial charge is 0.355 e. The van der Waals surface area contributed by atoms with Gasteiger partial charge >= 0.3 is 0 Å². The van der Waals surface area contributed by atoms with Crippen molar-refractivity contribution >= 4 is 33.4 Å². The number of carbonyl (C=O) groups is 2. The molecule has 0 saturated carbocycles. The second kappa shape index (κ2) is 6.27. The van der Waals surface area contributed by atoms with Gasteiger partial charge in [0.15, 0.2) is 0 Å². The van der Waals surface area contributed by atoms with Crippen LogP contribution in [0.1, 0.15) is 16.8 Å². The molecule has 0 aliphatic carbocycles. The predicted octanol–water partition coefficient (Wildman–Crippen LogP) is 1.77. The van der Waals surface area contributed by atoms with Gasteiger partial charge in [-0.05, 0) is 18.2 Å². The molecule has 1 aromatic rings. The highest BCUT2D eigenvalue weighted by Gasteiger charge is 2.05.